The number of fused-ring (bicyclic) bond motifs is 1. The molecule has 8 nitrogen and oxygen atoms in total. The summed E-state index contributed by atoms with van der Waals surface area (Å²) < 4.78 is 40.2. The number of hydrogen-bond acceptors (Lipinski definition) is 5. The molecule has 152 valence electrons. The highest BCUT2D eigenvalue weighted by molar-refractivity contribution is 7.89. The minimum absolute atomic E-state index is 0.0309. The van der Waals surface area contributed by atoms with Crippen LogP contribution in [0.25, 0.3) is 10.9 Å². The first-order valence-electron chi connectivity index (χ1n) is 8.57. The standard InChI is InChI=1S/C19H19FN4O4S/c1-12-4-6-14(29(27,28)23(2)3)9-17(12)22-18(25)10-24-11-21-16-7-5-13(20)8-15(16)19(24)26/h4-9,11H,10H2,1-3H3,(H,22,25). The molecule has 0 aliphatic carbocycles. The summed E-state index contributed by atoms with van der Waals surface area (Å²) in [5, 5.41) is 2.68. The molecule has 29 heavy (non-hydrogen) atoms. The number of halogens is 1. The fourth-order valence-electron chi connectivity index (χ4n) is 2.70. The zero-order valence-corrected chi connectivity index (χ0v) is 16.8. The van der Waals surface area contributed by atoms with Crippen molar-refractivity contribution in [2.45, 2.75) is 18.4 Å². The number of nitrogens with zero attached hydrogens (tertiary/aromatic N) is 3. The molecule has 1 N–H and O–H groups in total. The van der Waals surface area contributed by atoms with E-state index in [0.717, 1.165) is 14.9 Å². The Bertz CT molecular complexity index is 1270. The molecule has 3 rings (SSSR count). The lowest BCUT2D eigenvalue weighted by atomic mass is 10.2. The molecule has 0 unspecified atom stereocenters. The summed E-state index contributed by atoms with van der Waals surface area (Å²) in [6.07, 6.45) is 1.21. The van der Waals surface area contributed by atoms with Gasteiger partial charge in [-0.15, -0.1) is 0 Å². The maximum Gasteiger partial charge on any atom is 0.261 e. The van der Waals surface area contributed by atoms with E-state index in [9.17, 15) is 22.4 Å². The van der Waals surface area contributed by atoms with Crippen LogP contribution in [-0.2, 0) is 21.4 Å². The molecule has 2 aromatic carbocycles. The summed E-state index contributed by atoms with van der Waals surface area (Å²) in [6.45, 7) is 1.36. The normalized spacial score (nSPS) is 11.8. The van der Waals surface area contributed by atoms with Gasteiger partial charge in [0.2, 0.25) is 15.9 Å². The number of hydrogen-bond donors (Lipinski definition) is 1. The molecule has 0 saturated heterocycles. The third-order valence-electron chi connectivity index (χ3n) is 4.36. The second-order valence-electron chi connectivity index (χ2n) is 6.65. The topological polar surface area (TPSA) is 101 Å². The second kappa shape index (κ2) is 7.72. The van der Waals surface area contributed by atoms with Crippen LogP contribution >= 0.6 is 0 Å². The van der Waals surface area contributed by atoms with Crippen LogP contribution in [0.15, 0.2) is 52.4 Å². The fourth-order valence-corrected chi connectivity index (χ4v) is 3.62. The van der Waals surface area contributed by atoms with Gasteiger partial charge in [-0.1, -0.05) is 6.07 Å². The zero-order valence-electron chi connectivity index (χ0n) is 16.0. The minimum Gasteiger partial charge on any atom is -0.324 e. The average Bonchev–Trinajstić information content (AvgIpc) is 2.66. The van der Waals surface area contributed by atoms with Crippen LogP contribution < -0.4 is 10.9 Å². The Morgan fingerprint density at radius 3 is 2.62 bits per heavy atom. The quantitative estimate of drug-likeness (QED) is 0.680. The minimum atomic E-state index is -3.66. The number of benzene rings is 2. The van der Waals surface area contributed by atoms with Gasteiger partial charge in [0.1, 0.15) is 12.4 Å². The number of carbonyl (C=O) groups is 1. The van der Waals surface area contributed by atoms with Crippen LogP contribution in [-0.4, -0.2) is 42.3 Å². The fraction of sp³-hybridized carbons (Fsp3) is 0.211. The lowest BCUT2D eigenvalue weighted by Crippen LogP contribution is -2.28. The van der Waals surface area contributed by atoms with Crippen molar-refractivity contribution in [2.24, 2.45) is 0 Å². The van der Waals surface area contributed by atoms with Crippen molar-refractivity contribution in [1.82, 2.24) is 13.9 Å². The smallest absolute Gasteiger partial charge is 0.261 e. The predicted octanol–water partition coefficient (Wildman–Crippen LogP) is 1.73. The largest absolute Gasteiger partial charge is 0.324 e. The van der Waals surface area contributed by atoms with E-state index in [0.29, 0.717) is 16.8 Å². The molecule has 10 heteroatoms. The van der Waals surface area contributed by atoms with Crippen molar-refractivity contribution in [3.63, 3.8) is 0 Å². The van der Waals surface area contributed by atoms with Gasteiger partial charge in [0.25, 0.3) is 5.56 Å². The summed E-state index contributed by atoms with van der Waals surface area (Å²) in [7, 11) is -0.840. The number of sulfonamides is 1. The molecular weight excluding hydrogens is 399 g/mol. The molecule has 0 radical (unpaired) electrons. The van der Waals surface area contributed by atoms with Gasteiger partial charge in [0.05, 0.1) is 22.1 Å². The second-order valence-corrected chi connectivity index (χ2v) is 8.80. The first-order valence-corrected chi connectivity index (χ1v) is 10.0. The summed E-state index contributed by atoms with van der Waals surface area (Å²) in [6, 6.07) is 8.04. The summed E-state index contributed by atoms with van der Waals surface area (Å²) >= 11 is 0. The van der Waals surface area contributed by atoms with Gasteiger partial charge < -0.3 is 5.32 Å². The molecule has 1 aromatic heterocycles. The highest BCUT2D eigenvalue weighted by Crippen LogP contribution is 2.22. The summed E-state index contributed by atoms with van der Waals surface area (Å²) in [4.78, 5) is 29.0. The van der Waals surface area contributed by atoms with Crippen molar-refractivity contribution in [3.05, 3.63) is 64.5 Å². The van der Waals surface area contributed by atoms with E-state index in [4.69, 9.17) is 0 Å². The highest BCUT2D eigenvalue weighted by atomic mass is 32.2. The average molecular weight is 418 g/mol. The lowest BCUT2D eigenvalue weighted by molar-refractivity contribution is -0.116. The van der Waals surface area contributed by atoms with Crippen LogP contribution in [0.1, 0.15) is 5.56 Å². The molecule has 0 bridgehead atoms. The molecule has 0 aliphatic rings. The Morgan fingerprint density at radius 1 is 1.21 bits per heavy atom. The van der Waals surface area contributed by atoms with Gasteiger partial charge in [-0.2, -0.15) is 0 Å². The van der Waals surface area contributed by atoms with Gasteiger partial charge in [-0.05, 0) is 42.8 Å². The first-order chi connectivity index (χ1) is 13.6. The van der Waals surface area contributed by atoms with E-state index in [1.165, 1.54) is 44.7 Å². The van der Waals surface area contributed by atoms with E-state index >= 15 is 0 Å². The Balaban J connectivity index is 1.87. The lowest BCUT2D eigenvalue weighted by Gasteiger charge is -2.14. The number of carbonyl (C=O) groups excluding carboxylic acids is 1. The summed E-state index contributed by atoms with van der Waals surface area (Å²) in [5.41, 5.74) is 0.740. The van der Waals surface area contributed by atoms with Crippen molar-refractivity contribution in [3.8, 4) is 0 Å². The third-order valence-corrected chi connectivity index (χ3v) is 6.17. The molecule has 0 spiro atoms. The molecule has 0 atom stereocenters. The first kappa shape index (κ1) is 20.6. The Kier molecular flexibility index (Phi) is 5.49. The molecule has 1 heterocycles. The van der Waals surface area contributed by atoms with Gasteiger partial charge in [-0.3, -0.25) is 14.2 Å². The van der Waals surface area contributed by atoms with Crippen LogP contribution in [0.4, 0.5) is 10.1 Å². The van der Waals surface area contributed by atoms with Crippen molar-refractivity contribution in [1.29, 1.82) is 0 Å². The number of rotatable bonds is 5. The summed E-state index contributed by atoms with van der Waals surface area (Å²) in [5.74, 6) is -1.12. The highest BCUT2D eigenvalue weighted by Gasteiger charge is 2.19. The van der Waals surface area contributed by atoms with E-state index in [1.54, 1.807) is 13.0 Å². The third kappa shape index (κ3) is 4.17. The zero-order chi connectivity index (χ0) is 21.3. The number of amides is 1. The molecular formula is C19H19FN4O4S. The number of aryl methyl sites for hydroxylation is 1. The molecule has 0 fully saturated rings. The van der Waals surface area contributed by atoms with E-state index in [1.807, 2.05) is 0 Å². The van der Waals surface area contributed by atoms with Gasteiger partial charge in [-0.25, -0.2) is 22.1 Å². The monoisotopic (exact) mass is 418 g/mol. The SMILES string of the molecule is Cc1ccc(S(=O)(=O)N(C)C)cc1NC(=O)Cn1cnc2ccc(F)cc2c1=O. The van der Waals surface area contributed by atoms with E-state index in [-0.39, 0.29) is 16.8 Å². The number of anilines is 1. The van der Waals surface area contributed by atoms with Crippen LogP contribution in [0.2, 0.25) is 0 Å². The maximum absolute atomic E-state index is 13.4. The Labute approximate surface area is 166 Å². The van der Waals surface area contributed by atoms with E-state index < -0.39 is 27.3 Å². The predicted molar refractivity (Wildman–Crippen MR) is 107 cm³/mol. The van der Waals surface area contributed by atoms with Gasteiger partial charge in [0.15, 0.2) is 0 Å². The molecule has 1 amide bonds. The van der Waals surface area contributed by atoms with Crippen LogP contribution in [0.5, 0.6) is 0 Å². The molecule has 3 aromatic rings. The van der Waals surface area contributed by atoms with Crippen molar-refractivity contribution < 1.29 is 17.6 Å². The Morgan fingerprint density at radius 2 is 1.93 bits per heavy atom. The van der Waals surface area contributed by atoms with Crippen LogP contribution in [0.3, 0.4) is 0 Å². The molecule has 0 saturated carbocycles. The van der Waals surface area contributed by atoms with Crippen molar-refractivity contribution in [2.75, 3.05) is 19.4 Å². The van der Waals surface area contributed by atoms with Gasteiger partial charge in [0, 0.05) is 19.8 Å². The van der Waals surface area contributed by atoms with E-state index in [2.05, 4.69) is 10.3 Å². The van der Waals surface area contributed by atoms with Crippen molar-refractivity contribution >= 4 is 32.5 Å². The maximum atomic E-state index is 13.4. The number of aromatic nitrogens is 2. The van der Waals surface area contributed by atoms with Crippen LogP contribution in [0, 0.1) is 12.7 Å². The Hall–Kier alpha value is -3.11. The van der Waals surface area contributed by atoms with Gasteiger partial charge >= 0.3 is 0 Å². The molecule has 0 aliphatic heterocycles. The number of nitrogens with one attached hydrogen (secondary N) is 1.